The summed E-state index contributed by atoms with van der Waals surface area (Å²) in [4.78, 5) is 160. The zero-order valence-corrected chi connectivity index (χ0v) is 48.7. The number of aliphatic hydroxyl groups is 1. The van der Waals surface area contributed by atoms with Crippen LogP contribution in [0.4, 0.5) is 0 Å². The highest BCUT2D eigenvalue weighted by Crippen LogP contribution is 2.27. The topological polar surface area (TPSA) is 285 Å². The van der Waals surface area contributed by atoms with Crippen molar-refractivity contribution in [3.63, 3.8) is 0 Å². The van der Waals surface area contributed by atoms with E-state index in [4.69, 9.17) is 14.2 Å². The van der Waals surface area contributed by atoms with Crippen molar-refractivity contribution in [2.24, 2.45) is 29.6 Å². The van der Waals surface area contributed by atoms with Gasteiger partial charge in [-0.1, -0.05) is 73.9 Å². The Kier molecular flexibility index (Phi) is 24.0. The van der Waals surface area contributed by atoms with Gasteiger partial charge in [-0.3, -0.25) is 47.9 Å². The molecule has 3 fully saturated rings. The van der Waals surface area contributed by atoms with E-state index in [1.54, 1.807) is 52.0 Å². The van der Waals surface area contributed by atoms with Crippen LogP contribution < -0.4 is 20.7 Å². The summed E-state index contributed by atoms with van der Waals surface area (Å²) < 4.78 is 17.2. The fourth-order valence-electron chi connectivity index (χ4n) is 10.5. The molecule has 79 heavy (non-hydrogen) atoms. The summed E-state index contributed by atoms with van der Waals surface area (Å²) in [7, 11) is 4.26. The number of carbonyl (C=O) groups is 11. The number of carbonyl (C=O) groups excluding carboxylic acids is 11. The molecular formula is C57H87N7O15. The lowest BCUT2D eigenvalue weighted by Crippen LogP contribution is -2.62. The predicted octanol–water partition coefficient (Wildman–Crippen LogP) is 2.52. The number of nitrogens with one attached hydrogen (secondary N) is 3. The second kappa shape index (κ2) is 29.1. The van der Waals surface area contributed by atoms with Crippen molar-refractivity contribution in [2.45, 2.75) is 195 Å². The smallest absolute Gasteiger partial charge is 0.329 e. The van der Waals surface area contributed by atoms with Gasteiger partial charge in [-0.15, -0.1) is 0 Å². The Morgan fingerprint density at radius 3 is 2.06 bits per heavy atom. The molecule has 0 bridgehead atoms. The van der Waals surface area contributed by atoms with Gasteiger partial charge in [0.25, 0.3) is 5.91 Å². The Hall–Kier alpha value is -6.45. The third-order valence-electron chi connectivity index (χ3n) is 15.4. The summed E-state index contributed by atoms with van der Waals surface area (Å²) in [6.45, 7) is 18.1. The minimum atomic E-state index is -1.78. The number of methoxy groups -OCH3 is 1. The molecule has 22 heteroatoms. The highest BCUT2D eigenvalue weighted by molar-refractivity contribution is 6.35. The number of likely N-dealkylation sites (N-methyl/N-ethyl adjacent to an activating group) is 2. The van der Waals surface area contributed by atoms with Crippen LogP contribution in [0.2, 0.25) is 0 Å². The molecule has 0 aliphatic carbocycles. The maximum absolute atomic E-state index is 15.0. The van der Waals surface area contributed by atoms with Crippen LogP contribution in [-0.4, -0.2) is 184 Å². The Bertz CT molecular complexity index is 2380. The number of likely N-dealkylation sites (tertiary alicyclic amines) is 1. The molecule has 3 heterocycles. The van der Waals surface area contributed by atoms with Crippen molar-refractivity contribution in [3.8, 4) is 5.75 Å². The standard InChI is InChI=1S/C57H87N7O15/c1-15-33(8)46-44(66)29-45(67)79-49(32(6)7)48(68)34(9)50(69)58-39(26-30(2)3)54(73)64-25-17-19-41(64)56(75)62(13)43(28-37-20-22-38(77-14)23-21-37)57(76)78-36(11)47(52(71)59-46)60-51(70)42(27-31(4)5)61(12)55(74)40-18-16-24-63(40)53(72)35(10)65/h20-23,30-34,36,39-44,46-47,49,66H,15-19,24-29H2,1-14H3,(H,58,69)(H,59,71)(H,60,70)/t33-,34-,36+,39?,40-,41-,42+,43?,44-,46?,47?,49?/m0/s1. The number of ether oxygens (including phenoxy) is 3. The molecule has 3 aliphatic heterocycles. The fraction of sp³-hybridized carbons (Fsp3) is 0.702. The summed E-state index contributed by atoms with van der Waals surface area (Å²) >= 11 is 0. The van der Waals surface area contributed by atoms with Gasteiger partial charge < -0.3 is 54.9 Å². The number of hydrogen-bond acceptors (Lipinski definition) is 15. The molecule has 5 unspecified atom stereocenters. The Labute approximate surface area is 465 Å². The molecule has 1 aromatic rings. The first-order valence-electron chi connectivity index (χ1n) is 27.9. The zero-order valence-electron chi connectivity index (χ0n) is 48.7. The van der Waals surface area contributed by atoms with Crippen molar-refractivity contribution >= 4 is 64.9 Å². The number of benzene rings is 1. The number of nitrogens with zero attached hydrogens (tertiary/aromatic N) is 4. The number of hydrogen-bond donors (Lipinski definition) is 4. The molecule has 0 saturated carbocycles. The van der Waals surface area contributed by atoms with Crippen molar-refractivity contribution < 1.29 is 72.1 Å². The molecule has 7 amide bonds. The first-order valence-corrected chi connectivity index (χ1v) is 27.9. The van der Waals surface area contributed by atoms with Crippen LogP contribution in [0.3, 0.4) is 0 Å². The van der Waals surface area contributed by atoms with Gasteiger partial charge in [-0.25, -0.2) is 4.79 Å². The SMILES string of the molecule is CC[C@H](C)C1NC(=O)C(NC(=O)[C@@H](CC(C)C)N(C)C(=O)[C@@H]2CCCN2C(=O)C(C)=O)[C@@H](C)OC(=O)C(Cc2ccc(OC)cc2)N(C)C(=O)[C@@H]2CCCN2C(=O)C(CC(C)C)NC(=O)[C@@H](C)C(=O)C(C(C)C)OC(=O)C[C@@H]1O. The number of rotatable bonds is 15. The number of aliphatic hydroxyl groups excluding tert-OH is 1. The monoisotopic (exact) mass is 1110 g/mol. The molecule has 0 radical (unpaired) electrons. The summed E-state index contributed by atoms with van der Waals surface area (Å²) in [6.07, 6.45) is -3.76. The van der Waals surface area contributed by atoms with E-state index in [-0.39, 0.29) is 57.0 Å². The van der Waals surface area contributed by atoms with E-state index in [0.717, 1.165) is 6.92 Å². The van der Waals surface area contributed by atoms with Crippen molar-refractivity contribution in [1.82, 2.24) is 35.6 Å². The third-order valence-corrected chi connectivity index (χ3v) is 15.4. The number of ketones is 2. The highest BCUT2D eigenvalue weighted by atomic mass is 16.6. The Balaban J connectivity index is 1.89. The molecule has 12 atom stereocenters. The van der Waals surface area contributed by atoms with Crippen LogP contribution >= 0.6 is 0 Å². The normalized spacial score (nSPS) is 27.2. The van der Waals surface area contributed by atoms with E-state index in [1.165, 1.54) is 54.7 Å². The Morgan fingerprint density at radius 1 is 0.861 bits per heavy atom. The number of amides is 7. The minimum Gasteiger partial charge on any atom is -0.497 e. The number of Topliss-reactive ketones (excluding diaryl/α,β-unsaturated/α-hetero) is 2. The average Bonchev–Trinajstić information content (AvgIpc) is 4.13. The molecule has 4 rings (SSSR count). The van der Waals surface area contributed by atoms with Gasteiger partial charge in [0.2, 0.25) is 41.2 Å². The molecule has 0 spiro atoms. The lowest BCUT2D eigenvalue weighted by molar-refractivity contribution is -0.163. The lowest BCUT2D eigenvalue weighted by atomic mass is 9.91. The van der Waals surface area contributed by atoms with E-state index < -0.39 is 150 Å². The van der Waals surface area contributed by atoms with Crippen LogP contribution in [0.5, 0.6) is 5.75 Å². The first-order chi connectivity index (χ1) is 37.0. The van der Waals surface area contributed by atoms with Gasteiger partial charge in [0.15, 0.2) is 11.9 Å². The Morgan fingerprint density at radius 2 is 1.49 bits per heavy atom. The minimum absolute atomic E-state index is 0.0545. The molecule has 3 saturated heterocycles. The highest BCUT2D eigenvalue weighted by Gasteiger charge is 2.46. The van der Waals surface area contributed by atoms with Gasteiger partial charge in [-0.2, -0.15) is 0 Å². The van der Waals surface area contributed by atoms with Gasteiger partial charge in [0, 0.05) is 40.5 Å². The van der Waals surface area contributed by atoms with E-state index in [2.05, 4.69) is 16.0 Å². The summed E-state index contributed by atoms with van der Waals surface area (Å²) in [5.74, 6) is -11.3. The zero-order chi connectivity index (χ0) is 59.3. The quantitative estimate of drug-likeness (QED) is 0.112. The second-order valence-electron chi connectivity index (χ2n) is 22.8. The van der Waals surface area contributed by atoms with Crippen LogP contribution in [0.1, 0.15) is 133 Å². The third kappa shape index (κ3) is 16.8. The van der Waals surface area contributed by atoms with E-state index >= 15 is 0 Å². The lowest BCUT2D eigenvalue weighted by Gasteiger charge is -2.36. The summed E-state index contributed by atoms with van der Waals surface area (Å²) in [6, 6.07) is -2.32. The van der Waals surface area contributed by atoms with Gasteiger partial charge in [-0.05, 0) is 93.7 Å². The molecule has 0 aromatic heterocycles. The van der Waals surface area contributed by atoms with Crippen LogP contribution in [0, 0.1) is 29.6 Å². The second-order valence-corrected chi connectivity index (χ2v) is 22.8. The molecular weight excluding hydrogens is 1020 g/mol. The largest absolute Gasteiger partial charge is 0.497 e. The van der Waals surface area contributed by atoms with Crippen molar-refractivity contribution in [1.29, 1.82) is 0 Å². The molecule has 440 valence electrons. The predicted molar refractivity (Wildman–Crippen MR) is 289 cm³/mol. The number of esters is 2. The first kappa shape index (κ1) is 65.1. The molecule has 3 aliphatic rings. The fourth-order valence-corrected chi connectivity index (χ4v) is 10.5. The average molecular weight is 1110 g/mol. The van der Waals surface area contributed by atoms with Crippen LogP contribution in [0.15, 0.2) is 24.3 Å². The van der Waals surface area contributed by atoms with E-state index in [1.807, 2.05) is 27.7 Å². The summed E-state index contributed by atoms with van der Waals surface area (Å²) in [5.41, 5.74) is 0.566. The number of cyclic esters (lactones) is 2. The number of fused-ring (bicyclic) bond motifs is 1. The van der Waals surface area contributed by atoms with Gasteiger partial charge in [0.05, 0.1) is 31.6 Å². The van der Waals surface area contributed by atoms with E-state index in [9.17, 15) is 57.8 Å². The van der Waals surface area contributed by atoms with Crippen molar-refractivity contribution in [3.05, 3.63) is 29.8 Å². The molecule has 1 aromatic carbocycles. The van der Waals surface area contributed by atoms with Crippen LogP contribution in [-0.2, 0) is 68.6 Å². The van der Waals surface area contributed by atoms with Gasteiger partial charge >= 0.3 is 11.9 Å². The maximum atomic E-state index is 15.0. The summed E-state index contributed by atoms with van der Waals surface area (Å²) in [5, 5.41) is 20.1. The van der Waals surface area contributed by atoms with Crippen LogP contribution in [0.25, 0.3) is 0 Å². The van der Waals surface area contributed by atoms with Crippen molar-refractivity contribution in [2.75, 3.05) is 34.3 Å². The molecule has 22 nitrogen and oxygen atoms in total. The van der Waals surface area contributed by atoms with E-state index in [0.29, 0.717) is 30.6 Å². The maximum Gasteiger partial charge on any atom is 0.329 e. The van der Waals surface area contributed by atoms with Gasteiger partial charge in [0.1, 0.15) is 48.1 Å². The molecule has 4 N–H and O–H groups in total.